The Morgan fingerprint density at radius 3 is 2.59 bits per heavy atom. The highest BCUT2D eigenvalue weighted by Gasteiger charge is 2.36. The normalized spacial score (nSPS) is 22.7. The lowest BCUT2D eigenvalue weighted by Gasteiger charge is -2.27. The van der Waals surface area contributed by atoms with Crippen LogP contribution in [0, 0.1) is 13.6 Å². The van der Waals surface area contributed by atoms with Crippen LogP contribution < -0.4 is 0 Å². The minimum atomic E-state index is -3.42. The Morgan fingerprint density at radius 1 is 1.23 bits per heavy atom. The monoisotopic (exact) mass is 319 g/mol. The number of hydrogen-bond acceptors (Lipinski definition) is 4. The van der Waals surface area contributed by atoms with Crippen LogP contribution in [0.5, 0.6) is 0 Å². The minimum absolute atomic E-state index is 0.00467. The summed E-state index contributed by atoms with van der Waals surface area (Å²) in [5.41, 5.74) is 1.06. The number of hydrogen-bond donors (Lipinski definition) is 0. The van der Waals surface area contributed by atoms with E-state index in [2.05, 4.69) is 6.67 Å². The first-order valence-corrected chi connectivity index (χ1v) is 8.93. The molecule has 2 radical (unpaired) electrons. The number of benzene rings is 1. The summed E-state index contributed by atoms with van der Waals surface area (Å²) in [6, 6.07) is 7.08. The molecule has 1 saturated heterocycles. The number of aryl methyl sites for hydroxylation is 1. The predicted molar refractivity (Wildman–Crippen MR) is 84.9 cm³/mol. The SMILES string of the molecule is Cc1ccc(S(=O)(=O)N2CCC[C@H]2CN2[C]N(C)C=C2)cc1. The van der Waals surface area contributed by atoms with Gasteiger partial charge in [0.2, 0.25) is 16.7 Å². The third-order valence-electron chi connectivity index (χ3n) is 4.11. The molecule has 5 nitrogen and oxygen atoms in total. The second-order valence-corrected chi connectivity index (χ2v) is 7.78. The van der Waals surface area contributed by atoms with Gasteiger partial charge >= 0.3 is 0 Å². The lowest BCUT2D eigenvalue weighted by Crippen LogP contribution is -2.41. The Hall–Kier alpha value is -1.53. The van der Waals surface area contributed by atoms with Crippen LogP contribution in [-0.4, -0.2) is 48.7 Å². The molecular weight excluding hydrogens is 298 g/mol. The van der Waals surface area contributed by atoms with Crippen LogP contribution in [-0.2, 0) is 10.0 Å². The number of sulfonamides is 1. The molecule has 2 aliphatic rings. The minimum Gasteiger partial charge on any atom is -0.349 e. The molecule has 0 N–H and O–H groups in total. The molecule has 1 atom stereocenters. The molecule has 0 unspecified atom stereocenters. The Labute approximate surface area is 132 Å². The van der Waals surface area contributed by atoms with Crippen molar-refractivity contribution in [2.24, 2.45) is 0 Å². The van der Waals surface area contributed by atoms with E-state index in [1.807, 2.05) is 48.3 Å². The Morgan fingerprint density at radius 2 is 1.95 bits per heavy atom. The van der Waals surface area contributed by atoms with Gasteiger partial charge in [0.25, 0.3) is 0 Å². The predicted octanol–water partition coefficient (Wildman–Crippen LogP) is 1.86. The topological polar surface area (TPSA) is 43.9 Å². The molecule has 1 fully saturated rings. The van der Waals surface area contributed by atoms with Gasteiger partial charge in [-0.05, 0) is 31.9 Å². The van der Waals surface area contributed by atoms with E-state index in [0.717, 1.165) is 18.4 Å². The van der Waals surface area contributed by atoms with Gasteiger partial charge < -0.3 is 9.80 Å². The second-order valence-electron chi connectivity index (χ2n) is 5.89. The average Bonchev–Trinajstić information content (AvgIpc) is 3.09. The quantitative estimate of drug-likeness (QED) is 0.850. The third kappa shape index (κ3) is 2.98. The third-order valence-corrected chi connectivity index (χ3v) is 6.08. The van der Waals surface area contributed by atoms with E-state index in [0.29, 0.717) is 18.0 Å². The van der Waals surface area contributed by atoms with E-state index in [1.165, 1.54) is 0 Å². The molecule has 1 aromatic carbocycles. The van der Waals surface area contributed by atoms with Crippen molar-refractivity contribution >= 4 is 10.0 Å². The van der Waals surface area contributed by atoms with Crippen LogP contribution in [0.15, 0.2) is 41.6 Å². The zero-order chi connectivity index (χ0) is 15.7. The van der Waals surface area contributed by atoms with Gasteiger partial charge in [-0.15, -0.1) is 0 Å². The van der Waals surface area contributed by atoms with E-state index >= 15 is 0 Å². The first-order valence-electron chi connectivity index (χ1n) is 7.49. The van der Waals surface area contributed by atoms with Crippen LogP contribution >= 0.6 is 0 Å². The molecule has 3 rings (SSSR count). The molecule has 118 valence electrons. The fourth-order valence-electron chi connectivity index (χ4n) is 2.93. The molecule has 22 heavy (non-hydrogen) atoms. The van der Waals surface area contributed by atoms with Gasteiger partial charge in [-0.3, -0.25) is 0 Å². The summed E-state index contributed by atoms with van der Waals surface area (Å²) >= 11 is 0. The smallest absolute Gasteiger partial charge is 0.243 e. The highest BCUT2D eigenvalue weighted by atomic mass is 32.2. The molecular formula is C16H21N3O2S. The van der Waals surface area contributed by atoms with Crippen LogP contribution in [0.25, 0.3) is 0 Å². The van der Waals surface area contributed by atoms with Crippen molar-refractivity contribution in [2.45, 2.75) is 30.7 Å². The lowest BCUT2D eigenvalue weighted by molar-refractivity contribution is 0.291. The summed E-state index contributed by atoms with van der Waals surface area (Å²) in [5, 5.41) is 0. The molecule has 0 aliphatic carbocycles. The van der Waals surface area contributed by atoms with E-state index in [4.69, 9.17) is 0 Å². The molecule has 0 aromatic heterocycles. The van der Waals surface area contributed by atoms with Gasteiger partial charge in [0, 0.05) is 38.6 Å². The molecule has 1 aromatic rings. The van der Waals surface area contributed by atoms with Gasteiger partial charge in [0.15, 0.2) is 0 Å². The van der Waals surface area contributed by atoms with Crippen LogP contribution in [0.3, 0.4) is 0 Å². The maximum atomic E-state index is 12.9. The second kappa shape index (κ2) is 5.93. The highest BCUT2D eigenvalue weighted by molar-refractivity contribution is 7.89. The Kier molecular flexibility index (Phi) is 4.14. The summed E-state index contributed by atoms with van der Waals surface area (Å²) in [6.07, 6.45) is 5.63. The largest absolute Gasteiger partial charge is 0.349 e. The summed E-state index contributed by atoms with van der Waals surface area (Å²) in [7, 11) is -1.51. The lowest BCUT2D eigenvalue weighted by atomic mass is 10.2. The summed E-state index contributed by atoms with van der Waals surface area (Å²) in [6.45, 7) is 6.33. The van der Waals surface area contributed by atoms with Gasteiger partial charge in [-0.25, -0.2) is 8.42 Å². The van der Waals surface area contributed by atoms with Crippen LogP contribution in [0.2, 0.25) is 0 Å². The summed E-state index contributed by atoms with van der Waals surface area (Å²) < 4.78 is 27.4. The van der Waals surface area contributed by atoms with Crippen molar-refractivity contribution in [3.05, 3.63) is 48.9 Å². The zero-order valence-electron chi connectivity index (χ0n) is 12.9. The molecule has 2 aliphatic heterocycles. The van der Waals surface area contributed by atoms with Gasteiger partial charge in [-0.1, -0.05) is 17.7 Å². The van der Waals surface area contributed by atoms with Gasteiger partial charge in [0.1, 0.15) is 0 Å². The number of nitrogens with zero attached hydrogens (tertiary/aromatic N) is 3. The van der Waals surface area contributed by atoms with E-state index in [1.54, 1.807) is 16.4 Å². The van der Waals surface area contributed by atoms with Gasteiger partial charge in [0.05, 0.1) is 4.90 Å². The van der Waals surface area contributed by atoms with Crippen LogP contribution in [0.1, 0.15) is 18.4 Å². The molecule has 0 bridgehead atoms. The summed E-state index contributed by atoms with van der Waals surface area (Å²) in [5.74, 6) is 0. The fraction of sp³-hybridized carbons (Fsp3) is 0.438. The van der Waals surface area contributed by atoms with Crippen molar-refractivity contribution < 1.29 is 8.42 Å². The van der Waals surface area contributed by atoms with Crippen molar-refractivity contribution in [1.29, 1.82) is 0 Å². The van der Waals surface area contributed by atoms with E-state index in [-0.39, 0.29) is 6.04 Å². The van der Waals surface area contributed by atoms with E-state index in [9.17, 15) is 8.42 Å². The first kappa shape index (κ1) is 15.4. The van der Waals surface area contributed by atoms with Crippen molar-refractivity contribution in [2.75, 3.05) is 20.1 Å². The Balaban J connectivity index is 1.77. The maximum absolute atomic E-state index is 12.9. The molecule has 6 heteroatoms. The standard InChI is InChI=1S/C16H21N3O2S/c1-14-5-7-16(8-6-14)22(20,21)19-9-3-4-15(19)12-18-11-10-17(2)13-18/h5-8,10-11,15H,3-4,9,12H2,1-2H3/t15-/m0/s1. The Bertz CT molecular complexity index is 654. The van der Waals surface area contributed by atoms with Crippen molar-refractivity contribution in [3.8, 4) is 0 Å². The zero-order valence-corrected chi connectivity index (χ0v) is 13.8. The van der Waals surface area contributed by atoms with Crippen molar-refractivity contribution in [3.63, 3.8) is 0 Å². The highest BCUT2D eigenvalue weighted by Crippen LogP contribution is 2.27. The molecule has 0 spiro atoms. The summed E-state index contributed by atoms with van der Waals surface area (Å²) in [4.78, 5) is 4.15. The fourth-order valence-corrected chi connectivity index (χ4v) is 4.62. The van der Waals surface area contributed by atoms with Crippen LogP contribution in [0.4, 0.5) is 0 Å². The number of rotatable bonds is 4. The first-order chi connectivity index (χ1) is 10.5. The molecule has 0 amide bonds. The van der Waals surface area contributed by atoms with Gasteiger partial charge in [-0.2, -0.15) is 4.31 Å². The molecule has 2 heterocycles. The average molecular weight is 319 g/mol. The molecule has 0 saturated carbocycles. The maximum Gasteiger partial charge on any atom is 0.243 e. The van der Waals surface area contributed by atoms with E-state index < -0.39 is 10.0 Å². The van der Waals surface area contributed by atoms with Crippen molar-refractivity contribution in [1.82, 2.24) is 14.1 Å².